The van der Waals surface area contributed by atoms with E-state index < -0.39 is 6.04 Å². The predicted molar refractivity (Wildman–Crippen MR) is 86.3 cm³/mol. The lowest BCUT2D eigenvalue weighted by molar-refractivity contribution is -0.403. The molecule has 23 heavy (non-hydrogen) atoms. The maximum Gasteiger partial charge on any atom is 0.285 e. The topological polar surface area (TPSA) is 77.1 Å². The molecule has 1 aliphatic heterocycles. The van der Waals surface area contributed by atoms with Crippen LogP contribution in [0.4, 0.5) is 5.69 Å². The van der Waals surface area contributed by atoms with Crippen LogP contribution in [0.15, 0.2) is 24.3 Å². The van der Waals surface area contributed by atoms with Crippen LogP contribution in [-0.2, 0) is 16.0 Å². The van der Waals surface area contributed by atoms with Crippen molar-refractivity contribution in [2.24, 2.45) is 0 Å². The molecule has 4 N–H and O–H groups in total. The highest BCUT2D eigenvalue weighted by atomic mass is 35.5. The molecule has 1 aromatic rings. The van der Waals surface area contributed by atoms with Crippen molar-refractivity contribution < 1.29 is 27.7 Å². The van der Waals surface area contributed by atoms with Gasteiger partial charge in [0, 0.05) is 25.1 Å². The Kier molecular flexibility index (Phi) is 7.52. The predicted octanol–water partition coefficient (Wildman–Crippen LogP) is -2.11. The third-order valence-electron chi connectivity index (χ3n) is 4.19. The summed E-state index contributed by atoms with van der Waals surface area (Å²) < 4.78 is 0. The van der Waals surface area contributed by atoms with Gasteiger partial charge < -0.3 is 23.5 Å². The Morgan fingerprint density at radius 3 is 2.70 bits per heavy atom. The Hall–Kier alpha value is -1.59. The number of nitrogens with one attached hydrogen (secondary N) is 1. The van der Waals surface area contributed by atoms with Crippen LogP contribution >= 0.6 is 0 Å². The van der Waals surface area contributed by atoms with Gasteiger partial charge in [-0.1, -0.05) is 38.5 Å². The second-order valence-corrected chi connectivity index (χ2v) is 5.81. The molecule has 5 nitrogen and oxygen atoms in total. The van der Waals surface area contributed by atoms with Crippen LogP contribution in [-0.4, -0.2) is 30.4 Å². The molecule has 0 spiro atoms. The Morgan fingerprint density at radius 2 is 2.04 bits per heavy atom. The third-order valence-corrected chi connectivity index (χ3v) is 4.19. The molecule has 6 heteroatoms. The van der Waals surface area contributed by atoms with Gasteiger partial charge in [0.05, 0.1) is 0 Å². The summed E-state index contributed by atoms with van der Waals surface area (Å²) in [5.41, 5.74) is 5.82. The van der Waals surface area contributed by atoms with E-state index in [0.717, 1.165) is 24.1 Å². The lowest BCUT2D eigenvalue weighted by atomic mass is 10.1. The average molecular weight is 340 g/mol. The fraction of sp³-hybridized carbons (Fsp3) is 0.529. The van der Waals surface area contributed by atoms with Crippen molar-refractivity contribution in [3.05, 3.63) is 29.8 Å². The highest BCUT2D eigenvalue weighted by Crippen LogP contribution is 2.32. The zero-order valence-corrected chi connectivity index (χ0v) is 14.6. The first-order valence-electron chi connectivity index (χ1n) is 8.11. The van der Waals surface area contributed by atoms with Crippen molar-refractivity contribution in [3.8, 4) is 0 Å². The Morgan fingerprint density at radius 1 is 1.35 bits per heavy atom. The van der Waals surface area contributed by atoms with Crippen LogP contribution in [0, 0.1) is 0 Å². The Labute approximate surface area is 144 Å². The lowest BCUT2D eigenvalue weighted by Gasteiger charge is -2.26. The SMILES string of the molecule is CCCCNC(=O)[C@@H]1Cc2ccccc2N1C(=O)[C@@H]([NH3+])CC.[Cl-]. The fourth-order valence-corrected chi connectivity index (χ4v) is 2.75. The van der Waals surface area contributed by atoms with Crippen molar-refractivity contribution >= 4 is 17.5 Å². The molecule has 1 aromatic carbocycles. The number of hydrogen-bond donors (Lipinski definition) is 2. The summed E-state index contributed by atoms with van der Waals surface area (Å²) in [4.78, 5) is 26.8. The third kappa shape index (κ3) is 4.24. The Balaban J connectivity index is 0.00000264. The van der Waals surface area contributed by atoms with Gasteiger partial charge in [0.2, 0.25) is 5.91 Å². The molecule has 0 saturated carbocycles. The number of unbranched alkanes of at least 4 members (excludes halogenated alkanes) is 1. The van der Waals surface area contributed by atoms with Crippen LogP contribution in [0.25, 0.3) is 0 Å². The smallest absolute Gasteiger partial charge is 0.285 e. The zero-order valence-electron chi connectivity index (χ0n) is 13.8. The zero-order chi connectivity index (χ0) is 16.1. The van der Waals surface area contributed by atoms with Crippen LogP contribution in [0.2, 0.25) is 0 Å². The second kappa shape index (κ2) is 8.89. The number of carbonyl (C=O) groups is 2. The van der Waals surface area contributed by atoms with Gasteiger partial charge in [-0.25, -0.2) is 0 Å². The summed E-state index contributed by atoms with van der Waals surface area (Å²) >= 11 is 0. The molecule has 0 aliphatic carbocycles. The summed E-state index contributed by atoms with van der Waals surface area (Å²) in [5, 5.41) is 2.95. The molecule has 0 aromatic heterocycles. The molecule has 0 radical (unpaired) electrons. The van der Waals surface area contributed by atoms with Crippen LogP contribution in [0.3, 0.4) is 0 Å². The highest BCUT2D eigenvalue weighted by molar-refractivity contribution is 6.05. The van der Waals surface area contributed by atoms with Gasteiger partial charge in [0.15, 0.2) is 6.04 Å². The number of amides is 2. The summed E-state index contributed by atoms with van der Waals surface area (Å²) in [6, 6.07) is 6.98. The standard InChI is InChI=1S/C17H25N3O2.ClH/c1-3-5-10-19-16(21)15-11-12-8-6-7-9-14(12)20(15)17(22)13(18)4-2;/h6-9,13,15H,3-5,10-11,18H2,1-2H3,(H,19,21);1H/t13-,15-;/m0./s1. The van der Waals surface area contributed by atoms with E-state index in [4.69, 9.17) is 0 Å². The van der Waals surface area contributed by atoms with Crippen molar-refractivity contribution in [1.29, 1.82) is 0 Å². The average Bonchev–Trinajstić information content (AvgIpc) is 2.93. The molecule has 2 rings (SSSR count). The number of quaternary nitrogens is 1. The molecular weight excluding hydrogens is 314 g/mol. The molecular formula is C17H26ClN3O2. The maximum absolute atomic E-state index is 12.7. The van der Waals surface area contributed by atoms with Gasteiger partial charge in [-0.15, -0.1) is 0 Å². The number of fused-ring (bicyclic) bond motifs is 1. The number of benzene rings is 1. The number of nitrogens with zero attached hydrogens (tertiary/aromatic N) is 1. The first-order valence-corrected chi connectivity index (χ1v) is 8.11. The first kappa shape index (κ1) is 19.5. The van der Waals surface area contributed by atoms with Crippen molar-refractivity contribution in [2.75, 3.05) is 11.4 Å². The summed E-state index contributed by atoms with van der Waals surface area (Å²) in [7, 11) is 0. The minimum atomic E-state index is -0.447. The highest BCUT2D eigenvalue weighted by Gasteiger charge is 2.40. The first-order chi connectivity index (χ1) is 10.6. The molecule has 1 heterocycles. The van der Waals surface area contributed by atoms with Gasteiger partial charge in [0.1, 0.15) is 6.04 Å². The van der Waals surface area contributed by atoms with E-state index in [9.17, 15) is 9.59 Å². The van der Waals surface area contributed by atoms with Gasteiger partial charge in [-0.3, -0.25) is 14.5 Å². The summed E-state index contributed by atoms with van der Waals surface area (Å²) in [5.74, 6) is -0.135. The molecule has 2 amide bonds. The molecule has 0 fully saturated rings. The molecule has 2 atom stereocenters. The van der Waals surface area contributed by atoms with Gasteiger partial charge in [-0.05, 0) is 18.1 Å². The number of rotatable bonds is 6. The number of hydrogen-bond acceptors (Lipinski definition) is 2. The molecule has 1 aliphatic rings. The van der Waals surface area contributed by atoms with E-state index in [1.54, 1.807) is 4.90 Å². The minimum absolute atomic E-state index is 0. The number of halogens is 1. The monoisotopic (exact) mass is 339 g/mol. The van der Waals surface area contributed by atoms with E-state index in [1.165, 1.54) is 0 Å². The van der Waals surface area contributed by atoms with Crippen LogP contribution in [0.1, 0.15) is 38.7 Å². The van der Waals surface area contributed by atoms with Gasteiger partial charge in [0.25, 0.3) is 5.91 Å². The maximum atomic E-state index is 12.7. The fourth-order valence-electron chi connectivity index (χ4n) is 2.75. The van der Waals surface area contributed by atoms with Crippen LogP contribution in [0.5, 0.6) is 0 Å². The normalized spacial score (nSPS) is 17.2. The van der Waals surface area contributed by atoms with E-state index >= 15 is 0 Å². The van der Waals surface area contributed by atoms with E-state index in [-0.39, 0.29) is 30.3 Å². The lowest BCUT2D eigenvalue weighted by Crippen LogP contribution is -3.00. The van der Waals surface area contributed by atoms with E-state index in [1.807, 2.05) is 31.2 Å². The van der Waals surface area contributed by atoms with Gasteiger partial charge >= 0.3 is 0 Å². The Bertz CT molecular complexity index is 550. The molecule has 0 bridgehead atoms. The van der Waals surface area contributed by atoms with Crippen molar-refractivity contribution in [3.63, 3.8) is 0 Å². The van der Waals surface area contributed by atoms with Gasteiger partial charge in [-0.2, -0.15) is 0 Å². The number of para-hydroxylation sites is 1. The summed E-state index contributed by atoms with van der Waals surface area (Å²) in [6.07, 6.45) is 3.23. The van der Waals surface area contributed by atoms with Crippen molar-refractivity contribution in [2.45, 2.75) is 51.6 Å². The van der Waals surface area contributed by atoms with Crippen molar-refractivity contribution in [1.82, 2.24) is 5.32 Å². The molecule has 0 saturated heterocycles. The summed E-state index contributed by atoms with van der Waals surface area (Å²) in [6.45, 7) is 4.68. The number of anilines is 1. The van der Waals surface area contributed by atoms with E-state index in [2.05, 4.69) is 18.0 Å². The molecule has 128 valence electrons. The molecule has 0 unspecified atom stereocenters. The van der Waals surface area contributed by atoms with E-state index in [0.29, 0.717) is 19.4 Å². The second-order valence-electron chi connectivity index (χ2n) is 5.81. The van der Waals surface area contributed by atoms with Crippen LogP contribution < -0.4 is 28.4 Å². The quantitative estimate of drug-likeness (QED) is 0.582. The largest absolute Gasteiger partial charge is 1.00 e. The number of carbonyl (C=O) groups excluding carboxylic acids is 2. The minimum Gasteiger partial charge on any atom is -1.00 e.